The molecule has 0 saturated carbocycles. The maximum absolute atomic E-state index is 11.6. The number of carbonyl (C=O) groups is 1. The lowest BCUT2D eigenvalue weighted by molar-refractivity contribution is -0.118. The van der Waals surface area contributed by atoms with E-state index in [9.17, 15) is 4.79 Å². The van der Waals surface area contributed by atoms with Crippen LogP contribution >= 0.6 is 0 Å². The minimum absolute atomic E-state index is 0.0146. The summed E-state index contributed by atoms with van der Waals surface area (Å²) in [5.74, 6) is 0.0197. The zero-order valence-corrected chi connectivity index (χ0v) is 12.8. The normalized spacial score (nSPS) is 10.5. The zero-order valence-electron chi connectivity index (χ0n) is 12.8. The van der Waals surface area contributed by atoms with Gasteiger partial charge in [-0.25, -0.2) is 0 Å². The van der Waals surface area contributed by atoms with E-state index in [-0.39, 0.29) is 11.8 Å². The van der Waals surface area contributed by atoms with Gasteiger partial charge in [0.05, 0.1) is 0 Å². The lowest BCUT2D eigenvalue weighted by Crippen LogP contribution is -2.17. The summed E-state index contributed by atoms with van der Waals surface area (Å²) in [6.45, 7) is 5.91. The number of aryl methyl sites for hydroxylation is 1. The standard InChI is InChI=1S/C18H22N2O/c1-4-14-7-5-6-8-17(14)19-15-9-11-16(12-10-15)20-18(21)13(2)3/h5-13,19H,4H2,1-3H3,(H,20,21). The topological polar surface area (TPSA) is 41.1 Å². The van der Waals surface area contributed by atoms with Crippen LogP contribution in [-0.4, -0.2) is 5.91 Å². The first-order valence-electron chi connectivity index (χ1n) is 7.36. The fourth-order valence-corrected chi connectivity index (χ4v) is 2.03. The average Bonchev–Trinajstić information content (AvgIpc) is 2.49. The van der Waals surface area contributed by atoms with E-state index >= 15 is 0 Å². The Balaban J connectivity index is 2.07. The van der Waals surface area contributed by atoms with E-state index in [1.807, 2.05) is 44.2 Å². The summed E-state index contributed by atoms with van der Waals surface area (Å²) in [7, 11) is 0. The van der Waals surface area contributed by atoms with E-state index in [1.165, 1.54) is 5.56 Å². The molecule has 0 aromatic heterocycles. The molecular formula is C18H22N2O. The first-order chi connectivity index (χ1) is 10.1. The monoisotopic (exact) mass is 282 g/mol. The van der Waals surface area contributed by atoms with Gasteiger partial charge in [0.2, 0.25) is 5.91 Å². The molecule has 0 unspecified atom stereocenters. The van der Waals surface area contributed by atoms with Crippen LogP contribution in [0, 0.1) is 5.92 Å². The molecule has 0 heterocycles. The lowest BCUT2D eigenvalue weighted by Gasteiger charge is -2.12. The molecule has 21 heavy (non-hydrogen) atoms. The Labute approximate surface area is 126 Å². The summed E-state index contributed by atoms with van der Waals surface area (Å²) in [6.07, 6.45) is 0.992. The van der Waals surface area contributed by atoms with Crippen LogP contribution in [0.25, 0.3) is 0 Å². The highest BCUT2D eigenvalue weighted by Crippen LogP contribution is 2.22. The summed E-state index contributed by atoms with van der Waals surface area (Å²) in [5, 5.41) is 6.30. The second kappa shape index (κ2) is 6.93. The number of amides is 1. The molecule has 2 aromatic rings. The number of carbonyl (C=O) groups excluding carboxylic acids is 1. The summed E-state index contributed by atoms with van der Waals surface area (Å²) in [4.78, 5) is 11.6. The summed E-state index contributed by atoms with van der Waals surface area (Å²) in [6, 6.07) is 16.1. The van der Waals surface area contributed by atoms with Gasteiger partial charge in [-0.05, 0) is 42.3 Å². The van der Waals surface area contributed by atoms with Crippen molar-refractivity contribution in [2.45, 2.75) is 27.2 Å². The third kappa shape index (κ3) is 4.09. The highest BCUT2D eigenvalue weighted by Gasteiger charge is 2.07. The number of hydrogen-bond donors (Lipinski definition) is 2. The molecule has 0 saturated heterocycles. The van der Waals surface area contributed by atoms with Crippen molar-refractivity contribution in [2.75, 3.05) is 10.6 Å². The molecule has 2 aromatic carbocycles. The van der Waals surface area contributed by atoms with Gasteiger partial charge in [0.1, 0.15) is 0 Å². The van der Waals surface area contributed by atoms with Gasteiger partial charge in [0, 0.05) is 23.0 Å². The Kier molecular flexibility index (Phi) is 4.99. The van der Waals surface area contributed by atoms with Crippen molar-refractivity contribution in [3.8, 4) is 0 Å². The van der Waals surface area contributed by atoms with Crippen molar-refractivity contribution in [3.63, 3.8) is 0 Å². The molecule has 0 aliphatic rings. The molecular weight excluding hydrogens is 260 g/mol. The Bertz CT molecular complexity index is 603. The summed E-state index contributed by atoms with van der Waals surface area (Å²) in [5.41, 5.74) is 4.25. The number of anilines is 3. The number of benzene rings is 2. The molecule has 3 heteroatoms. The van der Waals surface area contributed by atoms with Crippen molar-refractivity contribution in [3.05, 3.63) is 54.1 Å². The van der Waals surface area contributed by atoms with Gasteiger partial charge in [0.25, 0.3) is 0 Å². The van der Waals surface area contributed by atoms with Gasteiger partial charge in [0.15, 0.2) is 0 Å². The van der Waals surface area contributed by atoms with E-state index in [0.29, 0.717) is 0 Å². The molecule has 0 atom stereocenters. The van der Waals surface area contributed by atoms with Crippen LogP contribution in [0.4, 0.5) is 17.1 Å². The summed E-state index contributed by atoms with van der Waals surface area (Å²) < 4.78 is 0. The molecule has 0 radical (unpaired) electrons. The molecule has 0 aliphatic heterocycles. The van der Waals surface area contributed by atoms with Crippen LogP contribution in [0.3, 0.4) is 0 Å². The fourth-order valence-electron chi connectivity index (χ4n) is 2.03. The van der Waals surface area contributed by atoms with Gasteiger partial charge in [-0.1, -0.05) is 39.0 Å². The van der Waals surface area contributed by atoms with Crippen molar-refractivity contribution in [1.29, 1.82) is 0 Å². The number of rotatable bonds is 5. The van der Waals surface area contributed by atoms with Crippen molar-refractivity contribution in [2.24, 2.45) is 5.92 Å². The van der Waals surface area contributed by atoms with Gasteiger partial charge >= 0.3 is 0 Å². The molecule has 2 rings (SSSR count). The van der Waals surface area contributed by atoms with Crippen LogP contribution in [0.5, 0.6) is 0 Å². The molecule has 3 nitrogen and oxygen atoms in total. The van der Waals surface area contributed by atoms with Gasteiger partial charge in [-0.15, -0.1) is 0 Å². The Morgan fingerprint density at radius 1 is 1.00 bits per heavy atom. The highest BCUT2D eigenvalue weighted by atomic mass is 16.1. The maximum Gasteiger partial charge on any atom is 0.226 e. The minimum atomic E-state index is -0.0146. The number of nitrogens with one attached hydrogen (secondary N) is 2. The van der Waals surface area contributed by atoms with Crippen LogP contribution in [-0.2, 0) is 11.2 Å². The highest BCUT2D eigenvalue weighted by molar-refractivity contribution is 5.92. The van der Waals surface area contributed by atoms with Crippen molar-refractivity contribution in [1.82, 2.24) is 0 Å². The minimum Gasteiger partial charge on any atom is -0.355 e. The van der Waals surface area contributed by atoms with E-state index in [2.05, 4.69) is 35.8 Å². The predicted molar refractivity (Wildman–Crippen MR) is 89.0 cm³/mol. The summed E-state index contributed by atoms with van der Waals surface area (Å²) >= 11 is 0. The first-order valence-corrected chi connectivity index (χ1v) is 7.36. The molecule has 0 fully saturated rings. The Morgan fingerprint density at radius 3 is 2.24 bits per heavy atom. The average molecular weight is 282 g/mol. The molecule has 110 valence electrons. The Morgan fingerprint density at radius 2 is 1.62 bits per heavy atom. The third-order valence-corrected chi connectivity index (χ3v) is 3.35. The molecule has 0 spiro atoms. The molecule has 1 amide bonds. The van der Waals surface area contributed by atoms with E-state index < -0.39 is 0 Å². The largest absolute Gasteiger partial charge is 0.355 e. The zero-order chi connectivity index (χ0) is 15.2. The van der Waals surface area contributed by atoms with Crippen molar-refractivity contribution < 1.29 is 4.79 Å². The van der Waals surface area contributed by atoms with Crippen molar-refractivity contribution >= 4 is 23.0 Å². The lowest BCUT2D eigenvalue weighted by atomic mass is 10.1. The fraction of sp³-hybridized carbons (Fsp3) is 0.278. The smallest absolute Gasteiger partial charge is 0.226 e. The van der Waals surface area contributed by atoms with E-state index in [1.54, 1.807) is 0 Å². The second-order valence-corrected chi connectivity index (χ2v) is 5.36. The van der Waals surface area contributed by atoms with E-state index in [0.717, 1.165) is 23.5 Å². The predicted octanol–water partition coefficient (Wildman–Crippen LogP) is 4.59. The first kappa shape index (κ1) is 15.1. The number of para-hydroxylation sites is 1. The maximum atomic E-state index is 11.6. The van der Waals surface area contributed by atoms with Gasteiger partial charge < -0.3 is 10.6 Å². The third-order valence-electron chi connectivity index (χ3n) is 3.35. The van der Waals surface area contributed by atoms with Crippen LogP contribution < -0.4 is 10.6 Å². The molecule has 2 N–H and O–H groups in total. The van der Waals surface area contributed by atoms with Crippen LogP contribution in [0.1, 0.15) is 26.3 Å². The second-order valence-electron chi connectivity index (χ2n) is 5.36. The van der Waals surface area contributed by atoms with E-state index in [4.69, 9.17) is 0 Å². The molecule has 0 bridgehead atoms. The quantitative estimate of drug-likeness (QED) is 0.842. The van der Waals surface area contributed by atoms with Crippen LogP contribution in [0.15, 0.2) is 48.5 Å². The number of hydrogen-bond acceptors (Lipinski definition) is 2. The van der Waals surface area contributed by atoms with Gasteiger partial charge in [-0.2, -0.15) is 0 Å². The van der Waals surface area contributed by atoms with Gasteiger partial charge in [-0.3, -0.25) is 4.79 Å². The Hall–Kier alpha value is -2.29. The SMILES string of the molecule is CCc1ccccc1Nc1ccc(NC(=O)C(C)C)cc1. The van der Waals surface area contributed by atoms with Crippen LogP contribution in [0.2, 0.25) is 0 Å². The molecule has 0 aliphatic carbocycles.